The number of amides is 2. The van der Waals surface area contributed by atoms with Crippen molar-refractivity contribution in [3.63, 3.8) is 0 Å². The maximum absolute atomic E-state index is 13.2. The molecule has 6 nitrogen and oxygen atoms in total. The van der Waals surface area contributed by atoms with E-state index in [4.69, 9.17) is 4.74 Å². The fraction of sp³-hybridized carbons (Fsp3) is 0.273. The Kier molecular flexibility index (Phi) is 4.88. The van der Waals surface area contributed by atoms with Crippen LogP contribution >= 0.6 is 0 Å². The van der Waals surface area contributed by atoms with Crippen molar-refractivity contribution in [3.05, 3.63) is 71.4 Å². The third-order valence-electron chi connectivity index (χ3n) is 5.41. The lowest BCUT2D eigenvalue weighted by atomic mass is 9.79. The fourth-order valence-corrected chi connectivity index (χ4v) is 4.07. The number of benzene rings is 2. The highest BCUT2D eigenvalue weighted by Gasteiger charge is 2.43. The number of hydrogen-bond donors (Lipinski definition) is 2. The third kappa shape index (κ3) is 2.96. The highest BCUT2D eigenvalue weighted by atomic mass is 16.5. The summed E-state index contributed by atoms with van der Waals surface area (Å²) in [5, 5.41) is 3.97. The Morgan fingerprint density at radius 2 is 1.89 bits per heavy atom. The number of aromatic nitrogens is 1. The summed E-state index contributed by atoms with van der Waals surface area (Å²) in [6.45, 7) is 0.860. The van der Waals surface area contributed by atoms with E-state index in [0.29, 0.717) is 18.7 Å². The quantitative estimate of drug-likeness (QED) is 0.672. The molecule has 2 atom stereocenters. The molecule has 1 aliphatic rings. The zero-order valence-corrected chi connectivity index (χ0v) is 15.9. The van der Waals surface area contributed by atoms with Gasteiger partial charge < -0.3 is 19.9 Å². The van der Waals surface area contributed by atoms with Gasteiger partial charge in [0.25, 0.3) is 5.91 Å². The number of nitrogens with one attached hydrogen (secondary N) is 2. The predicted octanol–water partition coefficient (Wildman–Crippen LogP) is 2.84. The topological polar surface area (TPSA) is 74.4 Å². The molecule has 0 saturated heterocycles. The summed E-state index contributed by atoms with van der Waals surface area (Å²) >= 11 is 0. The average Bonchev–Trinajstić information content (AvgIpc) is 3.14. The molecule has 0 bridgehead atoms. The van der Waals surface area contributed by atoms with Gasteiger partial charge in [0.1, 0.15) is 0 Å². The Hall–Kier alpha value is -3.12. The lowest BCUT2D eigenvalue weighted by Crippen LogP contribution is -2.46. The Morgan fingerprint density at radius 1 is 1.14 bits per heavy atom. The second-order valence-electron chi connectivity index (χ2n) is 7.00. The number of hydrogen-bond acceptors (Lipinski definition) is 3. The number of para-hydroxylation sites is 1. The van der Waals surface area contributed by atoms with Gasteiger partial charge in [-0.15, -0.1) is 0 Å². The van der Waals surface area contributed by atoms with Crippen LogP contribution in [0, 0.1) is 0 Å². The molecule has 3 aromatic rings. The van der Waals surface area contributed by atoms with Gasteiger partial charge in [-0.05, 0) is 17.7 Å². The van der Waals surface area contributed by atoms with Gasteiger partial charge in [0.05, 0.1) is 18.6 Å². The Morgan fingerprint density at radius 3 is 2.71 bits per heavy atom. The zero-order valence-electron chi connectivity index (χ0n) is 15.9. The molecule has 28 heavy (non-hydrogen) atoms. The van der Waals surface area contributed by atoms with Crippen molar-refractivity contribution < 1.29 is 14.3 Å². The van der Waals surface area contributed by atoms with E-state index in [9.17, 15) is 9.59 Å². The van der Waals surface area contributed by atoms with Gasteiger partial charge in [0.2, 0.25) is 5.91 Å². The molecule has 0 fully saturated rings. The maximum Gasteiger partial charge on any atom is 0.254 e. The minimum absolute atomic E-state index is 0.0770. The Bertz CT molecular complexity index is 1030. The van der Waals surface area contributed by atoms with Crippen LogP contribution in [0.5, 0.6) is 0 Å². The molecule has 1 aromatic heterocycles. The van der Waals surface area contributed by atoms with Gasteiger partial charge >= 0.3 is 0 Å². The Balaban J connectivity index is 1.84. The second kappa shape index (κ2) is 7.48. The first kappa shape index (κ1) is 18.3. The third-order valence-corrected chi connectivity index (χ3v) is 5.41. The molecule has 2 unspecified atom stereocenters. The molecule has 2 amide bonds. The number of rotatable bonds is 5. The van der Waals surface area contributed by atoms with Crippen LogP contribution in [0.3, 0.4) is 0 Å². The highest BCUT2D eigenvalue weighted by Crippen LogP contribution is 2.43. The van der Waals surface area contributed by atoms with Crippen LogP contribution in [0.2, 0.25) is 0 Å². The van der Waals surface area contributed by atoms with Crippen molar-refractivity contribution in [1.29, 1.82) is 0 Å². The minimum atomic E-state index is -0.505. The zero-order chi connectivity index (χ0) is 19.7. The number of carbonyl (C=O) groups is 2. The molecule has 0 saturated carbocycles. The molecule has 0 radical (unpaired) electrons. The van der Waals surface area contributed by atoms with Gasteiger partial charge in [0, 0.05) is 48.9 Å². The van der Waals surface area contributed by atoms with Crippen LogP contribution < -0.4 is 5.32 Å². The van der Waals surface area contributed by atoms with E-state index in [1.54, 1.807) is 25.1 Å². The molecule has 0 spiro atoms. The summed E-state index contributed by atoms with van der Waals surface area (Å²) in [6.07, 6.45) is 1.91. The largest absolute Gasteiger partial charge is 0.383 e. The molecule has 0 aliphatic carbocycles. The van der Waals surface area contributed by atoms with E-state index < -0.39 is 12.0 Å². The van der Waals surface area contributed by atoms with Crippen LogP contribution in [0.4, 0.5) is 0 Å². The number of aromatic amines is 1. The second-order valence-corrected chi connectivity index (χ2v) is 7.00. The first-order valence-electron chi connectivity index (χ1n) is 9.32. The number of methoxy groups -OCH3 is 1. The molecular weight excluding hydrogens is 354 g/mol. The van der Waals surface area contributed by atoms with Gasteiger partial charge in [-0.3, -0.25) is 9.59 Å². The molecule has 4 rings (SSSR count). The number of ether oxygens (including phenoxy) is 1. The van der Waals surface area contributed by atoms with E-state index in [2.05, 4.69) is 10.3 Å². The van der Waals surface area contributed by atoms with Crippen molar-refractivity contribution in [3.8, 4) is 0 Å². The van der Waals surface area contributed by atoms with Crippen LogP contribution in [-0.4, -0.2) is 49.0 Å². The summed E-state index contributed by atoms with van der Waals surface area (Å²) in [7, 11) is 3.36. The molecule has 2 heterocycles. The molecule has 6 heteroatoms. The van der Waals surface area contributed by atoms with Crippen LogP contribution in [-0.2, 0) is 9.53 Å². The average molecular weight is 377 g/mol. The van der Waals surface area contributed by atoms with Crippen LogP contribution in [0.25, 0.3) is 10.9 Å². The van der Waals surface area contributed by atoms with Crippen molar-refractivity contribution in [2.24, 2.45) is 0 Å². The monoisotopic (exact) mass is 377 g/mol. The van der Waals surface area contributed by atoms with Crippen molar-refractivity contribution >= 4 is 22.7 Å². The van der Waals surface area contributed by atoms with E-state index in [0.717, 1.165) is 22.0 Å². The number of likely N-dealkylation sites (N-methyl/N-ethyl adjacent to an activating group) is 1. The summed E-state index contributed by atoms with van der Waals surface area (Å²) < 4.78 is 5.06. The minimum Gasteiger partial charge on any atom is -0.383 e. The Labute approximate surface area is 163 Å². The summed E-state index contributed by atoms with van der Waals surface area (Å²) in [4.78, 5) is 31.2. The molecule has 1 aliphatic heterocycles. The summed E-state index contributed by atoms with van der Waals surface area (Å²) in [5.41, 5.74) is 3.26. The van der Waals surface area contributed by atoms with Gasteiger partial charge in [-0.25, -0.2) is 0 Å². The van der Waals surface area contributed by atoms with E-state index >= 15 is 0 Å². The smallest absolute Gasteiger partial charge is 0.254 e. The first-order chi connectivity index (χ1) is 13.6. The van der Waals surface area contributed by atoms with Crippen molar-refractivity contribution in [1.82, 2.24) is 15.2 Å². The maximum atomic E-state index is 13.2. The van der Waals surface area contributed by atoms with Crippen LogP contribution in [0.15, 0.2) is 54.7 Å². The number of nitrogens with zero attached hydrogens (tertiary/aromatic N) is 1. The number of fused-ring (bicyclic) bond motifs is 2. The lowest BCUT2D eigenvalue weighted by molar-refractivity contribution is -0.124. The first-order valence-corrected chi connectivity index (χ1v) is 9.32. The fourth-order valence-electron chi connectivity index (χ4n) is 4.07. The number of H-pyrrole nitrogens is 1. The van der Waals surface area contributed by atoms with Crippen molar-refractivity contribution in [2.45, 2.75) is 12.0 Å². The SMILES string of the molecule is COCCNC(=O)C1c2ccccc2C(=O)N(C)C1c1c[nH]c2ccccc12. The lowest BCUT2D eigenvalue weighted by Gasteiger charge is -2.39. The highest BCUT2D eigenvalue weighted by molar-refractivity contribution is 6.02. The van der Waals surface area contributed by atoms with Gasteiger partial charge in [-0.1, -0.05) is 36.4 Å². The van der Waals surface area contributed by atoms with Crippen molar-refractivity contribution in [2.75, 3.05) is 27.3 Å². The number of carbonyl (C=O) groups excluding carboxylic acids is 2. The van der Waals surface area contributed by atoms with E-state index in [1.807, 2.05) is 48.7 Å². The summed E-state index contributed by atoms with van der Waals surface area (Å²) in [5.74, 6) is -0.694. The molecular formula is C22H23N3O3. The summed E-state index contributed by atoms with van der Waals surface area (Å²) in [6, 6.07) is 14.9. The van der Waals surface area contributed by atoms with Crippen LogP contribution in [0.1, 0.15) is 33.4 Å². The van der Waals surface area contributed by atoms with Gasteiger partial charge in [0.15, 0.2) is 0 Å². The van der Waals surface area contributed by atoms with E-state index in [1.165, 1.54) is 0 Å². The van der Waals surface area contributed by atoms with Gasteiger partial charge in [-0.2, -0.15) is 0 Å². The molecule has 2 aromatic carbocycles. The normalized spacial score (nSPS) is 18.9. The van der Waals surface area contributed by atoms with E-state index in [-0.39, 0.29) is 11.8 Å². The standard InChI is InChI=1S/C22H23N3O3/c1-25-20(17-13-24-18-10-6-5-7-14(17)18)19(21(26)23-11-12-28-2)15-8-3-4-9-16(15)22(25)27/h3-10,13,19-20,24H,11-12H2,1-2H3,(H,23,26). The molecule has 2 N–H and O–H groups in total. The predicted molar refractivity (Wildman–Crippen MR) is 107 cm³/mol. The molecule has 144 valence electrons.